The summed E-state index contributed by atoms with van der Waals surface area (Å²) in [5, 5.41) is 3.06. The number of rotatable bonds is 2. The van der Waals surface area contributed by atoms with E-state index in [0.29, 0.717) is 5.92 Å². The number of carbonyl (C=O) groups excluding carboxylic acids is 1. The minimum atomic E-state index is -0.188. The molecule has 0 saturated heterocycles. The van der Waals surface area contributed by atoms with Gasteiger partial charge < -0.3 is 5.32 Å². The van der Waals surface area contributed by atoms with Crippen LogP contribution in [0.1, 0.15) is 54.4 Å². The highest BCUT2D eigenvalue weighted by Crippen LogP contribution is 2.34. The lowest BCUT2D eigenvalue weighted by Gasteiger charge is -2.40. The van der Waals surface area contributed by atoms with Crippen LogP contribution < -0.4 is 5.32 Å². The third-order valence-corrected chi connectivity index (χ3v) is 3.11. The standard InChI is InChI=1S/C15H25NO/c1-11(17)16-13(14(2,3)4)15(5,6)10-9-12-7-8-12/h12-13H,7-8H2,1-6H3,(H,16,17). The van der Waals surface area contributed by atoms with Crippen LogP contribution in [0.15, 0.2) is 0 Å². The zero-order chi connectivity index (χ0) is 13.3. The maximum atomic E-state index is 11.3. The van der Waals surface area contributed by atoms with Crippen LogP contribution in [0, 0.1) is 28.6 Å². The molecule has 2 nitrogen and oxygen atoms in total. The first-order valence-corrected chi connectivity index (χ1v) is 6.43. The number of hydrogen-bond donors (Lipinski definition) is 1. The SMILES string of the molecule is CC(=O)NC(C(C)(C)C)C(C)(C)C#CC1CC1. The van der Waals surface area contributed by atoms with Crippen molar-refractivity contribution in [2.75, 3.05) is 0 Å². The molecule has 1 saturated carbocycles. The molecule has 0 bridgehead atoms. The Labute approximate surface area is 106 Å². The Bertz CT molecular complexity index is 347. The molecule has 1 atom stereocenters. The van der Waals surface area contributed by atoms with E-state index in [9.17, 15) is 4.79 Å². The molecule has 0 aromatic heterocycles. The highest BCUT2D eigenvalue weighted by atomic mass is 16.1. The quantitative estimate of drug-likeness (QED) is 0.732. The van der Waals surface area contributed by atoms with Crippen molar-refractivity contribution in [1.82, 2.24) is 5.32 Å². The van der Waals surface area contributed by atoms with Crippen molar-refractivity contribution >= 4 is 5.91 Å². The van der Waals surface area contributed by atoms with Crippen LogP contribution in [0.25, 0.3) is 0 Å². The van der Waals surface area contributed by atoms with Gasteiger partial charge in [0, 0.05) is 24.3 Å². The summed E-state index contributed by atoms with van der Waals surface area (Å²) in [6.07, 6.45) is 2.48. The van der Waals surface area contributed by atoms with Crippen LogP contribution >= 0.6 is 0 Å². The average Bonchev–Trinajstić information content (AvgIpc) is 2.92. The van der Waals surface area contributed by atoms with Crippen molar-refractivity contribution < 1.29 is 4.79 Å². The summed E-state index contributed by atoms with van der Waals surface area (Å²) in [5.41, 5.74) is -0.181. The molecular formula is C15H25NO. The van der Waals surface area contributed by atoms with E-state index >= 15 is 0 Å². The molecule has 1 aliphatic carbocycles. The van der Waals surface area contributed by atoms with Crippen molar-refractivity contribution in [2.24, 2.45) is 16.7 Å². The van der Waals surface area contributed by atoms with Gasteiger partial charge in [0.2, 0.25) is 5.91 Å². The molecule has 96 valence electrons. The maximum Gasteiger partial charge on any atom is 0.217 e. The molecule has 1 amide bonds. The summed E-state index contributed by atoms with van der Waals surface area (Å²) in [7, 11) is 0. The third kappa shape index (κ3) is 4.42. The Kier molecular flexibility index (Phi) is 3.91. The van der Waals surface area contributed by atoms with Crippen LogP contribution in [-0.4, -0.2) is 11.9 Å². The molecule has 0 aliphatic heterocycles. The van der Waals surface area contributed by atoms with Crippen LogP contribution in [0.4, 0.5) is 0 Å². The molecule has 1 aliphatic rings. The Morgan fingerprint density at radius 3 is 2.12 bits per heavy atom. The van der Waals surface area contributed by atoms with Crippen molar-refractivity contribution in [2.45, 2.75) is 60.4 Å². The topological polar surface area (TPSA) is 29.1 Å². The second-order valence-corrected chi connectivity index (χ2v) is 6.76. The summed E-state index contributed by atoms with van der Waals surface area (Å²) in [5.74, 6) is 7.31. The lowest BCUT2D eigenvalue weighted by atomic mass is 9.71. The lowest BCUT2D eigenvalue weighted by molar-refractivity contribution is -0.121. The second-order valence-electron chi connectivity index (χ2n) is 6.76. The van der Waals surface area contributed by atoms with Crippen LogP contribution in [0.3, 0.4) is 0 Å². The molecular weight excluding hydrogens is 210 g/mol. The van der Waals surface area contributed by atoms with Gasteiger partial charge >= 0.3 is 0 Å². The summed E-state index contributed by atoms with van der Waals surface area (Å²) < 4.78 is 0. The molecule has 1 fully saturated rings. The van der Waals surface area contributed by atoms with E-state index in [1.807, 2.05) is 0 Å². The first-order chi connectivity index (χ1) is 7.63. The summed E-state index contributed by atoms with van der Waals surface area (Å²) >= 11 is 0. The fraction of sp³-hybridized carbons (Fsp3) is 0.800. The molecule has 1 unspecified atom stereocenters. The van der Waals surface area contributed by atoms with Gasteiger partial charge in [0.05, 0.1) is 0 Å². The molecule has 0 aromatic rings. The molecule has 0 radical (unpaired) electrons. The van der Waals surface area contributed by atoms with Crippen molar-refractivity contribution in [3.63, 3.8) is 0 Å². The Hall–Kier alpha value is -0.970. The highest BCUT2D eigenvalue weighted by Gasteiger charge is 2.37. The highest BCUT2D eigenvalue weighted by molar-refractivity contribution is 5.73. The number of carbonyl (C=O) groups is 1. The minimum Gasteiger partial charge on any atom is -0.352 e. The third-order valence-electron chi connectivity index (χ3n) is 3.11. The van der Waals surface area contributed by atoms with Crippen LogP contribution in [0.2, 0.25) is 0 Å². The monoisotopic (exact) mass is 235 g/mol. The summed E-state index contributed by atoms with van der Waals surface area (Å²) in [6.45, 7) is 12.3. The van der Waals surface area contributed by atoms with Gasteiger partial charge in [-0.3, -0.25) is 4.79 Å². The Morgan fingerprint density at radius 2 is 1.76 bits per heavy atom. The minimum absolute atomic E-state index is 0.00734. The van der Waals surface area contributed by atoms with Gasteiger partial charge in [-0.25, -0.2) is 0 Å². The fourth-order valence-electron chi connectivity index (χ4n) is 2.27. The van der Waals surface area contributed by atoms with E-state index in [4.69, 9.17) is 0 Å². The first-order valence-electron chi connectivity index (χ1n) is 6.43. The van der Waals surface area contributed by atoms with Gasteiger partial charge in [0.15, 0.2) is 0 Å². The molecule has 17 heavy (non-hydrogen) atoms. The maximum absolute atomic E-state index is 11.3. The van der Waals surface area contributed by atoms with E-state index in [2.05, 4.69) is 51.8 Å². The molecule has 1 N–H and O–H groups in total. The second kappa shape index (κ2) is 4.72. The smallest absolute Gasteiger partial charge is 0.217 e. The van der Waals surface area contributed by atoms with Gasteiger partial charge in [0.1, 0.15) is 0 Å². The summed E-state index contributed by atoms with van der Waals surface area (Å²) in [6, 6.07) is 0.0683. The predicted molar refractivity (Wildman–Crippen MR) is 71.3 cm³/mol. The van der Waals surface area contributed by atoms with Gasteiger partial charge in [-0.15, -0.1) is 0 Å². The van der Waals surface area contributed by atoms with Crippen LogP contribution in [-0.2, 0) is 4.79 Å². The van der Waals surface area contributed by atoms with E-state index in [1.165, 1.54) is 12.8 Å². The summed E-state index contributed by atoms with van der Waals surface area (Å²) in [4.78, 5) is 11.3. The van der Waals surface area contributed by atoms with E-state index < -0.39 is 0 Å². The number of amides is 1. The Morgan fingerprint density at radius 1 is 1.24 bits per heavy atom. The lowest BCUT2D eigenvalue weighted by Crippen LogP contribution is -2.51. The molecule has 0 heterocycles. The van der Waals surface area contributed by atoms with E-state index in [0.717, 1.165) is 0 Å². The number of hydrogen-bond acceptors (Lipinski definition) is 1. The van der Waals surface area contributed by atoms with Crippen molar-refractivity contribution in [1.29, 1.82) is 0 Å². The molecule has 2 heteroatoms. The molecule has 1 rings (SSSR count). The normalized spacial score (nSPS) is 18.0. The Balaban J connectivity index is 2.87. The van der Waals surface area contributed by atoms with Gasteiger partial charge in [-0.1, -0.05) is 32.6 Å². The average molecular weight is 235 g/mol. The largest absolute Gasteiger partial charge is 0.352 e. The van der Waals surface area contributed by atoms with Crippen molar-refractivity contribution in [3.05, 3.63) is 0 Å². The zero-order valence-electron chi connectivity index (χ0n) is 12.0. The first kappa shape index (κ1) is 14.1. The van der Waals surface area contributed by atoms with Gasteiger partial charge in [-0.05, 0) is 32.1 Å². The molecule has 0 aromatic carbocycles. The number of nitrogens with one attached hydrogen (secondary N) is 1. The van der Waals surface area contributed by atoms with Crippen LogP contribution in [0.5, 0.6) is 0 Å². The fourth-order valence-corrected chi connectivity index (χ4v) is 2.27. The van der Waals surface area contributed by atoms with Gasteiger partial charge in [0.25, 0.3) is 0 Å². The van der Waals surface area contributed by atoms with Crippen molar-refractivity contribution in [3.8, 4) is 11.8 Å². The zero-order valence-corrected chi connectivity index (χ0v) is 12.0. The van der Waals surface area contributed by atoms with Gasteiger partial charge in [-0.2, -0.15) is 0 Å². The van der Waals surface area contributed by atoms with E-state index in [-0.39, 0.29) is 22.8 Å². The predicted octanol–water partition coefficient (Wildman–Crippen LogP) is 2.98. The molecule has 0 spiro atoms. The van der Waals surface area contributed by atoms with E-state index in [1.54, 1.807) is 6.92 Å².